The van der Waals surface area contributed by atoms with E-state index in [4.69, 9.17) is 14.0 Å². The van der Waals surface area contributed by atoms with Crippen molar-refractivity contribution in [2.45, 2.75) is 54.7 Å². The van der Waals surface area contributed by atoms with Crippen molar-refractivity contribution in [3.8, 4) is 23.4 Å². The molecule has 82 heavy (non-hydrogen) atoms. The molecule has 8 aromatic rings. The number of nitriles is 1. The van der Waals surface area contributed by atoms with Gasteiger partial charge in [-0.2, -0.15) is 47.4 Å². The number of hydrogen-bond acceptors (Lipinski definition) is 24. The quantitative estimate of drug-likeness (QED) is 0.0168. The average molecular weight is 1260 g/mol. The largest absolute Gasteiger partial charge is 0.493 e. The topological polar surface area (TPSA) is 439 Å². The number of hydrogen-bond donors (Lipinski definition) is 6. The van der Waals surface area contributed by atoms with Gasteiger partial charge in [0.15, 0.2) is 11.3 Å². The molecule has 0 fully saturated rings. The van der Waals surface area contributed by atoms with Crippen LogP contribution in [0.3, 0.4) is 0 Å². The van der Waals surface area contributed by atoms with Gasteiger partial charge in [-0.05, 0) is 92.3 Å². The molecule has 3 heterocycles. The summed E-state index contributed by atoms with van der Waals surface area (Å²) in [6.07, 6.45) is 1.10. The maximum absolute atomic E-state index is 12.5. The molecule has 0 saturated heterocycles. The van der Waals surface area contributed by atoms with Crippen molar-refractivity contribution in [2.24, 2.45) is 30.7 Å². The van der Waals surface area contributed by atoms with Crippen molar-refractivity contribution in [3.63, 3.8) is 0 Å². The second-order valence-corrected chi connectivity index (χ2v) is 27.0. The van der Waals surface area contributed by atoms with E-state index < -0.39 is 71.9 Å². The molecule has 434 valence electrons. The molecule has 0 unspecified atom stereocenters. The number of thiazole rings is 1. The lowest BCUT2D eigenvalue weighted by atomic mass is 10.1. The molecular weight excluding hydrogens is 1220 g/mol. The van der Waals surface area contributed by atoms with E-state index in [2.05, 4.69) is 46.7 Å². The maximum atomic E-state index is 12.5. The van der Waals surface area contributed by atoms with Gasteiger partial charge in [0.05, 0.1) is 63.0 Å². The summed E-state index contributed by atoms with van der Waals surface area (Å²) in [7, 11) is -21.9. The fraction of sp³-hybridized carbons (Fsp3) is 0.255. The number of pyridine rings is 1. The lowest BCUT2D eigenvalue weighted by Crippen LogP contribution is -2.08. The highest BCUT2D eigenvalue weighted by molar-refractivity contribution is 7.99. The number of azo groups is 3. The molecule has 3 aromatic heterocycles. The predicted octanol–water partition coefficient (Wildman–Crippen LogP) is 10.5. The van der Waals surface area contributed by atoms with Crippen LogP contribution in [-0.2, 0) is 50.6 Å². The Labute approximate surface area is 476 Å². The average Bonchev–Trinajstić information content (AvgIpc) is 2.19. The van der Waals surface area contributed by atoms with E-state index in [-0.39, 0.29) is 121 Å². The summed E-state index contributed by atoms with van der Waals surface area (Å²) in [5.74, 6) is -1.33. The standard InChI is InChI=1S/C46H42N10O15S6.CH4O3S/c1-4-13-70-37-22-34(52-54-41-26(3)30(24-47)44-48-31-9-5-6-10-36(31)56(44)45(41)57)38(71-14-7-16-74(58,59)60)21-33(37)51-53-35-18-25(2)32(23-39(35)72-15-8-17-75(61,62)63)50-55-46-49-42-40(77(67,68)69)19-27-11-12-28(76(64,65)66)20-29(27)43(42)73-46;1-5(2,3)4/h5-6,9-12,18-23,57H,4,7-8,13-17H2,1-3H3,(H,58,59,60)(H,61,62,63)(H,64,65,66)(H,67,68,69);1H3,(H,2,3,4). The Bertz CT molecular complexity index is 4560. The highest BCUT2D eigenvalue weighted by Crippen LogP contribution is 2.46. The predicted molar refractivity (Wildman–Crippen MR) is 302 cm³/mol. The SMILES string of the molecule is CCCOc1cc(N=Nc2c(C)c(C#N)c3nc4ccccc4n3c2O)c(OCCCS(=O)(=O)O)cc1N=Nc1cc(C)c(N=Nc2nc3c(S(=O)(=O)O)cc4ccc(S(=O)(=O)O)cc4c3s2)cc1SCCCS(=O)(=O)O.CS(=O)(=O)O. The summed E-state index contributed by atoms with van der Waals surface area (Å²) in [4.78, 5) is 8.12. The van der Waals surface area contributed by atoms with E-state index in [0.29, 0.717) is 34.2 Å². The van der Waals surface area contributed by atoms with Gasteiger partial charge in [-0.3, -0.25) is 27.2 Å². The summed E-state index contributed by atoms with van der Waals surface area (Å²) < 4.78 is 173. The van der Waals surface area contributed by atoms with Crippen LogP contribution in [0.5, 0.6) is 17.4 Å². The first-order chi connectivity index (χ1) is 38.3. The summed E-state index contributed by atoms with van der Waals surface area (Å²) in [6.45, 7) is 4.99. The van der Waals surface area contributed by atoms with Crippen molar-refractivity contribution in [2.75, 3.05) is 36.7 Å². The number of aromatic hydroxyl groups is 1. The Morgan fingerprint density at radius 2 is 1.32 bits per heavy atom. The van der Waals surface area contributed by atoms with Crippen LogP contribution in [-0.4, -0.2) is 121 Å². The minimum Gasteiger partial charge on any atom is -0.493 e. The van der Waals surface area contributed by atoms with E-state index in [1.807, 2.05) is 6.92 Å². The Balaban J connectivity index is 0.00000185. The fourth-order valence-corrected chi connectivity index (χ4v) is 11.9. The summed E-state index contributed by atoms with van der Waals surface area (Å²) in [5, 5.41) is 48.4. The van der Waals surface area contributed by atoms with Crippen LogP contribution in [0.1, 0.15) is 42.9 Å². The Kier molecular flexibility index (Phi) is 19.1. The Morgan fingerprint density at radius 1 is 0.707 bits per heavy atom. The molecule has 0 saturated carbocycles. The van der Waals surface area contributed by atoms with E-state index in [0.717, 1.165) is 41.3 Å². The van der Waals surface area contributed by atoms with Crippen molar-refractivity contribution >= 4 is 145 Å². The molecule has 35 heteroatoms. The first-order valence-corrected chi connectivity index (χ1v) is 33.2. The van der Waals surface area contributed by atoms with Crippen molar-refractivity contribution < 1.29 is 79.4 Å². The van der Waals surface area contributed by atoms with Gasteiger partial charge in [-0.1, -0.05) is 36.5 Å². The van der Waals surface area contributed by atoms with Crippen LogP contribution in [0.2, 0.25) is 0 Å². The number of nitrogens with zero attached hydrogens (tertiary/aromatic N) is 10. The number of rotatable bonds is 21. The molecule has 0 atom stereocenters. The zero-order chi connectivity index (χ0) is 60.1. The zero-order valence-corrected chi connectivity index (χ0v) is 48.7. The molecule has 0 aliphatic rings. The highest BCUT2D eigenvalue weighted by Gasteiger charge is 2.24. The number of ether oxygens (including phenoxy) is 2. The molecule has 28 nitrogen and oxygen atoms in total. The van der Waals surface area contributed by atoms with Gasteiger partial charge in [0.1, 0.15) is 44.9 Å². The first-order valence-electron chi connectivity index (χ1n) is 23.5. The van der Waals surface area contributed by atoms with E-state index in [1.54, 1.807) is 50.2 Å². The van der Waals surface area contributed by atoms with Gasteiger partial charge < -0.3 is 14.6 Å². The number of benzene rings is 5. The van der Waals surface area contributed by atoms with Gasteiger partial charge in [-0.15, -0.1) is 42.4 Å². The normalized spacial score (nSPS) is 12.8. The lowest BCUT2D eigenvalue weighted by molar-refractivity contribution is 0.309. The third-order valence-corrected chi connectivity index (χ3v) is 16.6. The lowest BCUT2D eigenvalue weighted by Gasteiger charge is -2.14. The van der Waals surface area contributed by atoms with Crippen LogP contribution >= 0.6 is 23.1 Å². The smallest absolute Gasteiger partial charge is 0.296 e. The second kappa shape index (κ2) is 25.1. The number of imidazole rings is 1. The maximum Gasteiger partial charge on any atom is 0.296 e. The fourth-order valence-electron chi connectivity index (χ4n) is 7.60. The molecule has 0 bridgehead atoms. The van der Waals surface area contributed by atoms with Crippen LogP contribution < -0.4 is 9.47 Å². The molecule has 5 aromatic carbocycles. The van der Waals surface area contributed by atoms with Crippen molar-refractivity contribution in [3.05, 3.63) is 89.5 Å². The van der Waals surface area contributed by atoms with Crippen LogP contribution in [0, 0.1) is 25.2 Å². The third-order valence-electron chi connectivity index (χ3n) is 11.2. The molecule has 6 N–H and O–H groups in total. The number of aryl methyl sites for hydroxylation is 1. The second-order valence-electron chi connectivity index (χ2n) is 17.5. The molecule has 0 radical (unpaired) electrons. The molecule has 0 aliphatic carbocycles. The molecular formula is C47H46N10O18S7. The zero-order valence-electron chi connectivity index (χ0n) is 43.0. The first kappa shape index (κ1) is 62.4. The molecule has 8 rings (SSSR count). The number of aromatic nitrogens is 3. The van der Waals surface area contributed by atoms with Gasteiger partial charge in [0.25, 0.3) is 50.6 Å². The van der Waals surface area contributed by atoms with Gasteiger partial charge in [-0.25, -0.2) is 9.97 Å². The van der Waals surface area contributed by atoms with Crippen LogP contribution in [0.4, 0.5) is 33.6 Å². The Morgan fingerprint density at radius 3 is 1.94 bits per heavy atom. The van der Waals surface area contributed by atoms with E-state index >= 15 is 0 Å². The number of thioether (sulfide) groups is 1. The van der Waals surface area contributed by atoms with Gasteiger partial charge in [0.2, 0.25) is 11.0 Å². The highest BCUT2D eigenvalue weighted by atomic mass is 32.2. The van der Waals surface area contributed by atoms with Gasteiger partial charge in [0, 0.05) is 28.0 Å². The summed E-state index contributed by atoms with van der Waals surface area (Å²) in [6, 6.07) is 19.5. The minimum atomic E-state index is -4.87. The van der Waals surface area contributed by atoms with Crippen molar-refractivity contribution in [1.82, 2.24) is 14.4 Å². The Hall–Kier alpha value is -7.21. The number of para-hydroxylation sites is 2. The monoisotopic (exact) mass is 1260 g/mol. The molecule has 0 amide bonds. The minimum absolute atomic E-state index is 0.00502. The number of fused-ring (bicyclic) bond motifs is 6. The van der Waals surface area contributed by atoms with Crippen LogP contribution in [0.15, 0.2) is 118 Å². The summed E-state index contributed by atoms with van der Waals surface area (Å²) in [5.41, 5.74) is 2.24. The third kappa shape index (κ3) is 15.9. The van der Waals surface area contributed by atoms with Crippen molar-refractivity contribution in [1.29, 1.82) is 5.26 Å². The molecule has 0 aliphatic heterocycles. The van der Waals surface area contributed by atoms with Gasteiger partial charge >= 0.3 is 0 Å². The van der Waals surface area contributed by atoms with Crippen LogP contribution in [0.25, 0.3) is 37.7 Å². The van der Waals surface area contributed by atoms with E-state index in [1.165, 1.54) is 22.6 Å². The summed E-state index contributed by atoms with van der Waals surface area (Å²) >= 11 is 1.94. The van der Waals surface area contributed by atoms with E-state index in [9.17, 15) is 70.7 Å². The molecule has 0 spiro atoms.